The minimum absolute atomic E-state index is 0.197. The number of esters is 1. The molecule has 92 valence electrons. The van der Waals surface area contributed by atoms with Gasteiger partial charge in [0.1, 0.15) is 5.75 Å². The van der Waals surface area contributed by atoms with E-state index in [-0.39, 0.29) is 24.0 Å². The van der Waals surface area contributed by atoms with E-state index in [1.165, 1.54) is 6.07 Å². The van der Waals surface area contributed by atoms with Gasteiger partial charge in [-0.25, -0.2) is 4.79 Å². The van der Waals surface area contributed by atoms with Gasteiger partial charge >= 0.3 is 5.97 Å². The predicted molar refractivity (Wildman–Crippen MR) is 61.7 cm³/mol. The zero-order valence-electron chi connectivity index (χ0n) is 9.80. The molecule has 0 fully saturated rings. The number of rotatable bonds is 5. The Morgan fingerprint density at radius 1 is 1.29 bits per heavy atom. The molecule has 0 aliphatic heterocycles. The van der Waals surface area contributed by atoms with Crippen molar-refractivity contribution in [1.82, 2.24) is 0 Å². The van der Waals surface area contributed by atoms with Gasteiger partial charge in [-0.05, 0) is 26.0 Å². The predicted octanol–water partition coefficient (Wildman–Crippen LogP) is 1.12. The quantitative estimate of drug-likeness (QED) is 0.778. The number of para-hydroxylation sites is 1. The molecule has 0 heterocycles. The van der Waals surface area contributed by atoms with Crippen LogP contribution < -0.4 is 10.5 Å². The van der Waals surface area contributed by atoms with Gasteiger partial charge in [0, 0.05) is 0 Å². The lowest BCUT2D eigenvalue weighted by Crippen LogP contribution is -2.20. The van der Waals surface area contributed by atoms with Gasteiger partial charge in [0.25, 0.3) is 5.91 Å². The van der Waals surface area contributed by atoms with Crippen molar-refractivity contribution in [3.63, 3.8) is 0 Å². The van der Waals surface area contributed by atoms with Crippen molar-refractivity contribution >= 4 is 11.9 Å². The highest BCUT2D eigenvalue weighted by molar-refractivity contribution is 5.95. The summed E-state index contributed by atoms with van der Waals surface area (Å²) >= 11 is 0. The van der Waals surface area contributed by atoms with Crippen LogP contribution in [-0.4, -0.2) is 24.6 Å². The Bertz CT molecular complexity index is 415. The molecule has 0 atom stereocenters. The van der Waals surface area contributed by atoms with Crippen LogP contribution in [0.1, 0.15) is 24.2 Å². The van der Waals surface area contributed by atoms with Crippen LogP contribution in [0.4, 0.5) is 0 Å². The van der Waals surface area contributed by atoms with Gasteiger partial charge < -0.3 is 15.2 Å². The lowest BCUT2D eigenvalue weighted by molar-refractivity contribution is -0.149. The van der Waals surface area contributed by atoms with E-state index in [1.807, 2.05) is 0 Å². The van der Waals surface area contributed by atoms with E-state index in [2.05, 4.69) is 0 Å². The fourth-order valence-corrected chi connectivity index (χ4v) is 1.23. The average molecular weight is 237 g/mol. The molecule has 17 heavy (non-hydrogen) atoms. The average Bonchev–Trinajstić information content (AvgIpc) is 2.25. The number of nitrogens with two attached hydrogens (primary N) is 1. The smallest absolute Gasteiger partial charge is 0.344 e. The van der Waals surface area contributed by atoms with Crippen LogP contribution in [0, 0.1) is 0 Å². The second-order valence-corrected chi connectivity index (χ2v) is 3.69. The lowest BCUT2D eigenvalue weighted by atomic mass is 10.2. The number of hydrogen-bond donors (Lipinski definition) is 1. The molecule has 0 spiro atoms. The van der Waals surface area contributed by atoms with Crippen LogP contribution in [0.2, 0.25) is 0 Å². The largest absolute Gasteiger partial charge is 0.481 e. The third kappa shape index (κ3) is 4.14. The van der Waals surface area contributed by atoms with Crippen molar-refractivity contribution in [2.24, 2.45) is 5.73 Å². The van der Waals surface area contributed by atoms with Crippen molar-refractivity contribution in [2.45, 2.75) is 20.0 Å². The molecule has 0 saturated carbocycles. The molecule has 5 heteroatoms. The SMILES string of the molecule is CC(C)OC(=O)COc1ccccc1C(N)=O. The van der Waals surface area contributed by atoms with Crippen molar-refractivity contribution in [1.29, 1.82) is 0 Å². The van der Waals surface area contributed by atoms with Crippen LogP contribution in [0.15, 0.2) is 24.3 Å². The molecule has 0 unspecified atom stereocenters. The van der Waals surface area contributed by atoms with Crippen molar-refractivity contribution in [2.75, 3.05) is 6.61 Å². The molecule has 0 aromatic heterocycles. The Morgan fingerprint density at radius 2 is 1.94 bits per heavy atom. The van der Waals surface area contributed by atoms with Gasteiger partial charge in [0.05, 0.1) is 11.7 Å². The maximum Gasteiger partial charge on any atom is 0.344 e. The third-order valence-electron chi connectivity index (χ3n) is 1.87. The van der Waals surface area contributed by atoms with E-state index in [1.54, 1.807) is 32.0 Å². The van der Waals surface area contributed by atoms with Crippen LogP contribution in [0.5, 0.6) is 5.75 Å². The monoisotopic (exact) mass is 237 g/mol. The van der Waals surface area contributed by atoms with Crippen molar-refractivity contribution in [3.05, 3.63) is 29.8 Å². The number of amides is 1. The van der Waals surface area contributed by atoms with Crippen molar-refractivity contribution in [3.8, 4) is 5.75 Å². The van der Waals surface area contributed by atoms with Gasteiger partial charge in [-0.1, -0.05) is 12.1 Å². The molecule has 2 N–H and O–H groups in total. The summed E-state index contributed by atoms with van der Waals surface area (Å²) in [5, 5.41) is 0. The molecular formula is C12H15NO4. The van der Waals surface area contributed by atoms with Gasteiger partial charge in [-0.2, -0.15) is 0 Å². The fraction of sp³-hybridized carbons (Fsp3) is 0.333. The molecular weight excluding hydrogens is 222 g/mol. The molecule has 0 aliphatic rings. The fourth-order valence-electron chi connectivity index (χ4n) is 1.23. The number of benzene rings is 1. The minimum Gasteiger partial charge on any atom is -0.481 e. The first kappa shape index (κ1) is 13.0. The molecule has 1 amide bonds. The molecule has 1 rings (SSSR count). The van der Waals surface area contributed by atoms with Gasteiger partial charge in [-0.3, -0.25) is 4.79 Å². The maximum absolute atomic E-state index is 11.2. The summed E-state index contributed by atoms with van der Waals surface area (Å²) in [6.07, 6.45) is -0.197. The topological polar surface area (TPSA) is 78.6 Å². The summed E-state index contributed by atoms with van der Waals surface area (Å²) in [5.74, 6) is -0.808. The van der Waals surface area contributed by atoms with Crippen LogP contribution in [0.3, 0.4) is 0 Å². The second-order valence-electron chi connectivity index (χ2n) is 3.69. The zero-order valence-corrected chi connectivity index (χ0v) is 9.80. The molecule has 0 radical (unpaired) electrons. The molecule has 1 aromatic rings. The van der Waals surface area contributed by atoms with Crippen LogP contribution >= 0.6 is 0 Å². The lowest BCUT2D eigenvalue weighted by Gasteiger charge is -2.10. The molecule has 5 nitrogen and oxygen atoms in total. The van der Waals surface area contributed by atoms with E-state index < -0.39 is 11.9 Å². The standard InChI is InChI=1S/C12H15NO4/c1-8(2)17-11(14)7-16-10-6-4-3-5-9(10)12(13)15/h3-6,8H,7H2,1-2H3,(H2,13,15). The molecule has 0 bridgehead atoms. The van der Waals surface area contributed by atoms with Gasteiger partial charge in [0.2, 0.25) is 0 Å². The molecule has 1 aromatic carbocycles. The number of carbonyl (C=O) groups excluding carboxylic acids is 2. The first-order chi connectivity index (χ1) is 8.00. The number of ether oxygens (including phenoxy) is 2. The summed E-state index contributed by atoms with van der Waals surface area (Å²) in [4.78, 5) is 22.3. The Hall–Kier alpha value is -2.04. The summed E-state index contributed by atoms with van der Waals surface area (Å²) < 4.78 is 10.1. The Kier molecular flexibility index (Phi) is 4.51. The first-order valence-electron chi connectivity index (χ1n) is 5.22. The summed E-state index contributed by atoms with van der Waals surface area (Å²) in [5.41, 5.74) is 5.41. The third-order valence-corrected chi connectivity index (χ3v) is 1.87. The highest BCUT2D eigenvalue weighted by atomic mass is 16.6. The van der Waals surface area contributed by atoms with E-state index in [0.29, 0.717) is 0 Å². The molecule has 0 saturated heterocycles. The second kappa shape index (κ2) is 5.89. The number of carbonyl (C=O) groups is 2. The highest BCUT2D eigenvalue weighted by Gasteiger charge is 2.11. The zero-order chi connectivity index (χ0) is 12.8. The molecule has 0 aliphatic carbocycles. The van der Waals surface area contributed by atoms with E-state index in [4.69, 9.17) is 15.2 Å². The van der Waals surface area contributed by atoms with Crippen molar-refractivity contribution < 1.29 is 19.1 Å². The highest BCUT2D eigenvalue weighted by Crippen LogP contribution is 2.16. The first-order valence-corrected chi connectivity index (χ1v) is 5.22. The normalized spacial score (nSPS) is 10.1. The summed E-state index contributed by atoms with van der Waals surface area (Å²) in [7, 11) is 0. The van der Waals surface area contributed by atoms with E-state index in [9.17, 15) is 9.59 Å². The van der Waals surface area contributed by atoms with E-state index in [0.717, 1.165) is 0 Å². The van der Waals surface area contributed by atoms with E-state index >= 15 is 0 Å². The number of hydrogen-bond acceptors (Lipinski definition) is 4. The minimum atomic E-state index is -0.599. The maximum atomic E-state index is 11.2. The summed E-state index contributed by atoms with van der Waals surface area (Å²) in [6.45, 7) is 3.24. The summed E-state index contributed by atoms with van der Waals surface area (Å²) in [6, 6.07) is 6.46. The van der Waals surface area contributed by atoms with Gasteiger partial charge in [0.15, 0.2) is 6.61 Å². The van der Waals surface area contributed by atoms with Crippen LogP contribution in [-0.2, 0) is 9.53 Å². The Morgan fingerprint density at radius 3 is 2.53 bits per heavy atom. The van der Waals surface area contributed by atoms with Crippen LogP contribution in [0.25, 0.3) is 0 Å². The Labute approximate surface area is 99.5 Å². The number of primary amides is 1. The Balaban J connectivity index is 2.63. The van der Waals surface area contributed by atoms with Gasteiger partial charge in [-0.15, -0.1) is 0 Å².